The van der Waals surface area contributed by atoms with Crippen LogP contribution in [0, 0.1) is 5.82 Å². The van der Waals surface area contributed by atoms with E-state index in [0.717, 1.165) is 39.0 Å². The molecule has 4 rings (SSSR count). The minimum atomic E-state index is -0.349. The van der Waals surface area contributed by atoms with Crippen molar-refractivity contribution in [1.82, 2.24) is 5.32 Å². The van der Waals surface area contributed by atoms with Gasteiger partial charge in [-0.1, -0.05) is 6.07 Å². The molecule has 33 heavy (non-hydrogen) atoms. The van der Waals surface area contributed by atoms with Crippen molar-refractivity contribution in [2.24, 2.45) is 0 Å². The molecule has 0 saturated carbocycles. The zero-order chi connectivity index (χ0) is 23.5. The van der Waals surface area contributed by atoms with Crippen molar-refractivity contribution in [3.63, 3.8) is 0 Å². The van der Waals surface area contributed by atoms with Gasteiger partial charge in [0.05, 0.1) is 33.2 Å². The Balaban J connectivity index is 1.69. The van der Waals surface area contributed by atoms with Crippen LogP contribution in [0.3, 0.4) is 0 Å². The molecule has 0 spiro atoms. The molecule has 1 amide bonds. The molecule has 2 aromatic carbocycles. The molecule has 7 heteroatoms. The van der Waals surface area contributed by atoms with Crippen LogP contribution >= 0.6 is 0 Å². The second-order valence-electron chi connectivity index (χ2n) is 7.71. The summed E-state index contributed by atoms with van der Waals surface area (Å²) in [5.74, 6) is -0.0128. The third-order valence-corrected chi connectivity index (χ3v) is 5.67. The standard InChI is InChI=1S/C26H24FNO5/c1-15-20(8-17-9-23(31-2)26(30)24(10-17)32-3)19-5-4-18(27)12-21(19)22(15)13-28-25(29)11-16-6-7-33-14-16/h4-10,12,14,30H,11,13H2,1-3H3,(H,28,29)/b20-8-. The molecule has 0 atom stereocenters. The number of phenolic OH excluding ortho intramolecular Hbond substituents is 1. The van der Waals surface area contributed by atoms with Crippen molar-refractivity contribution in [1.29, 1.82) is 0 Å². The summed E-state index contributed by atoms with van der Waals surface area (Å²) >= 11 is 0. The molecule has 1 aliphatic rings. The Hall–Kier alpha value is -4.00. The number of carbonyl (C=O) groups excluding carboxylic acids is 1. The maximum absolute atomic E-state index is 14.1. The van der Waals surface area contributed by atoms with E-state index in [9.17, 15) is 14.3 Å². The van der Waals surface area contributed by atoms with Crippen LogP contribution in [0.4, 0.5) is 4.39 Å². The summed E-state index contributed by atoms with van der Waals surface area (Å²) in [6.45, 7) is 2.20. The molecule has 0 saturated heterocycles. The Labute approximate surface area is 191 Å². The summed E-state index contributed by atoms with van der Waals surface area (Å²) in [6, 6.07) is 9.77. The predicted octanol–water partition coefficient (Wildman–Crippen LogP) is 4.83. The van der Waals surface area contributed by atoms with Crippen LogP contribution in [-0.2, 0) is 11.2 Å². The van der Waals surface area contributed by atoms with Gasteiger partial charge in [0, 0.05) is 6.54 Å². The normalized spacial score (nSPS) is 13.9. The monoisotopic (exact) mass is 449 g/mol. The summed E-state index contributed by atoms with van der Waals surface area (Å²) in [4.78, 5) is 12.4. The average molecular weight is 449 g/mol. The van der Waals surface area contributed by atoms with Gasteiger partial charge in [0.2, 0.25) is 11.7 Å². The van der Waals surface area contributed by atoms with Crippen LogP contribution < -0.4 is 14.8 Å². The molecule has 0 aliphatic heterocycles. The van der Waals surface area contributed by atoms with Crippen molar-refractivity contribution in [3.05, 3.63) is 82.6 Å². The largest absolute Gasteiger partial charge is 0.502 e. The van der Waals surface area contributed by atoms with Gasteiger partial charge in [-0.15, -0.1) is 0 Å². The number of fused-ring (bicyclic) bond motifs is 1. The topological polar surface area (TPSA) is 80.9 Å². The summed E-state index contributed by atoms with van der Waals surface area (Å²) in [5.41, 5.74) is 5.78. The number of phenols is 1. The first kappa shape index (κ1) is 22.2. The van der Waals surface area contributed by atoms with E-state index >= 15 is 0 Å². The predicted molar refractivity (Wildman–Crippen MR) is 123 cm³/mol. The highest BCUT2D eigenvalue weighted by Gasteiger charge is 2.25. The lowest BCUT2D eigenvalue weighted by Gasteiger charge is -2.11. The van der Waals surface area contributed by atoms with Gasteiger partial charge in [-0.3, -0.25) is 4.79 Å². The van der Waals surface area contributed by atoms with E-state index in [1.54, 1.807) is 24.3 Å². The van der Waals surface area contributed by atoms with Crippen molar-refractivity contribution in [3.8, 4) is 17.2 Å². The highest BCUT2D eigenvalue weighted by molar-refractivity contribution is 6.06. The number of ether oxygens (including phenoxy) is 2. The van der Waals surface area contributed by atoms with Crippen molar-refractivity contribution < 1.29 is 28.2 Å². The number of amides is 1. The molecule has 1 aliphatic carbocycles. The van der Waals surface area contributed by atoms with Gasteiger partial charge in [0.1, 0.15) is 5.82 Å². The Kier molecular flexibility index (Phi) is 6.22. The van der Waals surface area contributed by atoms with Crippen molar-refractivity contribution in [2.75, 3.05) is 20.8 Å². The van der Waals surface area contributed by atoms with Crippen LogP contribution in [-0.4, -0.2) is 31.8 Å². The minimum Gasteiger partial charge on any atom is -0.502 e. The molecular formula is C26H24FNO5. The number of nitrogens with one attached hydrogen (secondary N) is 1. The molecule has 170 valence electrons. The van der Waals surface area contributed by atoms with E-state index in [-0.39, 0.29) is 41.9 Å². The van der Waals surface area contributed by atoms with E-state index in [1.807, 2.05) is 13.0 Å². The second kappa shape index (κ2) is 9.24. The van der Waals surface area contributed by atoms with Gasteiger partial charge >= 0.3 is 0 Å². The van der Waals surface area contributed by atoms with Crippen LogP contribution in [0.1, 0.15) is 29.2 Å². The lowest BCUT2D eigenvalue weighted by atomic mass is 10.00. The number of hydrogen-bond acceptors (Lipinski definition) is 5. The molecule has 0 fully saturated rings. The van der Waals surface area contributed by atoms with Crippen LogP contribution in [0.2, 0.25) is 0 Å². The maximum Gasteiger partial charge on any atom is 0.224 e. The molecule has 0 bridgehead atoms. The number of benzene rings is 2. The van der Waals surface area contributed by atoms with Gasteiger partial charge in [-0.25, -0.2) is 4.39 Å². The zero-order valence-electron chi connectivity index (χ0n) is 18.6. The number of rotatable bonds is 7. The Morgan fingerprint density at radius 2 is 1.85 bits per heavy atom. The number of hydrogen-bond donors (Lipinski definition) is 2. The summed E-state index contributed by atoms with van der Waals surface area (Å²) in [5, 5.41) is 13.1. The van der Waals surface area contributed by atoms with E-state index in [2.05, 4.69) is 5.32 Å². The molecule has 0 unspecified atom stereocenters. The third-order valence-electron chi connectivity index (χ3n) is 5.67. The van der Waals surface area contributed by atoms with Gasteiger partial charge in [-0.05, 0) is 82.3 Å². The fraction of sp³-hybridized carbons (Fsp3) is 0.192. The Bertz CT molecular complexity index is 1230. The highest BCUT2D eigenvalue weighted by Crippen LogP contribution is 2.44. The molecule has 3 aromatic rings. The van der Waals surface area contributed by atoms with E-state index in [1.165, 1.54) is 38.9 Å². The fourth-order valence-electron chi connectivity index (χ4n) is 3.97. The number of methoxy groups -OCH3 is 2. The molecule has 0 radical (unpaired) electrons. The number of carbonyl (C=O) groups is 1. The summed E-state index contributed by atoms with van der Waals surface area (Å²) in [6.07, 6.45) is 5.19. The number of aromatic hydroxyl groups is 1. The number of allylic oxidation sites excluding steroid dienone is 2. The lowest BCUT2D eigenvalue weighted by molar-refractivity contribution is -0.120. The number of halogens is 1. The molecular weight excluding hydrogens is 425 g/mol. The Morgan fingerprint density at radius 3 is 2.48 bits per heavy atom. The van der Waals surface area contributed by atoms with Gasteiger partial charge in [0.25, 0.3) is 0 Å². The molecule has 1 heterocycles. The first-order chi connectivity index (χ1) is 15.9. The SMILES string of the molecule is COc1cc(/C=C2/C(C)=C(CNC(=O)Cc3ccoc3)c3cc(F)ccc32)cc(OC)c1O. The smallest absolute Gasteiger partial charge is 0.224 e. The molecule has 1 aromatic heterocycles. The van der Waals surface area contributed by atoms with Gasteiger partial charge < -0.3 is 24.3 Å². The third kappa shape index (κ3) is 4.48. The average Bonchev–Trinajstić information content (AvgIpc) is 3.39. The maximum atomic E-state index is 14.1. The van der Waals surface area contributed by atoms with Crippen molar-refractivity contribution >= 4 is 23.1 Å². The summed E-state index contributed by atoms with van der Waals surface area (Å²) in [7, 11) is 2.93. The van der Waals surface area contributed by atoms with Crippen molar-refractivity contribution in [2.45, 2.75) is 13.3 Å². The van der Waals surface area contributed by atoms with Gasteiger partial charge in [0.15, 0.2) is 11.5 Å². The number of furan rings is 1. The van der Waals surface area contributed by atoms with E-state index < -0.39 is 0 Å². The summed E-state index contributed by atoms with van der Waals surface area (Å²) < 4.78 is 29.6. The first-order valence-corrected chi connectivity index (χ1v) is 10.4. The van der Waals surface area contributed by atoms with E-state index in [0.29, 0.717) is 0 Å². The lowest BCUT2D eigenvalue weighted by Crippen LogP contribution is -2.26. The minimum absolute atomic E-state index is 0.0793. The second-order valence-corrected chi connectivity index (χ2v) is 7.71. The van der Waals surface area contributed by atoms with Crippen LogP contribution in [0.5, 0.6) is 17.2 Å². The molecule has 2 N–H and O–H groups in total. The first-order valence-electron chi connectivity index (χ1n) is 10.4. The van der Waals surface area contributed by atoms with Crippen LogP contribution in [0.15, 0.2) is 58.9 Å². The highest BCUT2D eigenvalue weighted by atomic mass is 19.1. The quantitative estimate of drug-likeness (QED) is 0.540. The van der Waals surface area contributed by atoms with E-state index in [4.69, 9.17) is 13.9 Å². The zero-order valence-corrected chi connectivity index (χ0v) is 18.6. The molecule has 6 nitrogen and oxygen atoms in total. The van der Waals surface area contributed by atoms with Crippen LogP contribution in [0.25, 0.3) is 17.2 Å². The van der Waals surface area contributed by atoms with Gasteiger partial charge in [-0.2, -0.15) is 0 Å². The fourth-order valence-corrected chi connectivity index (χ4v) is 3.97. The Morgan fingerprint density at radius 1 is 1.12 bits per heavy atom.